The first-order valence-corrected chi connectivity index (χ1v) is 6.72. The lowest BCUT2D eigenvalue weighted by Gasteiger charge is -2.16. The molecule has 2 aromatic rings. The quantitative estimate of drug-likeness (QED) is 0.829. The van der Waals surface area contributed by atoms with Gasteiger partial charge < -0.3 is 9.30 Å². The zero-order chi connectivity index (χ0) is 13.4. The minimum Gasteiger partial charge on any atom is -0.377 e. The smallest absolute Gasteiger partial charge is 0.115 e. The second-order valence-corrected chi connectivity index (χ2v) is 5.06. The Hall–Kier alpha value is -1.86. The van der Waals surface area contributed by atoms with Crippen molar-refractivity contribution < 1.29 is 4.74 Å². The molecular weight excluding hydrogens is 238 g/mol. The number of aryl methyl sites for hydroxylation is 1. The molecule has 19 heavy (non-hydrogen) atoms. The molecule has 1 aromatic heterocycles. The molecule has 4 nitrogen and oxygen atoms in total. The molecule has 0 aliphatic carbocycles. The van der Waals surface area contributed by atoms with E-state index in [1.165, 1.54) is 0 Å². The summed E-state index contributed by atoms with van der Waals surface area (Å²) in [6, 6.07) is 7.84. The maximum atomic E-state index is 8.96. The third kappa shape index (κ3) is 1.91. The highest BCUT2D eigenvalue weighted by Crippen LogP contribution is 2.33. The van der Waals surface area contributed by atoms with Crippen molar-refractivity contribution in [2.45, 2.75) is 31.8 Å². The zero-order valence-electron chi connectivity index (χ0n) is 11.3. The van der Waals surface area contributed by atoms with E-state index in [1.54, 1.807) is 0 Å². The van der Waals surface area contributed by atoms with E-state index in [2.05, 4.69) is 17.6 Å². The molecule has 3 rings (SSSR count). The second-order valence-electron chi connectivity index (χ2n) is 5.06. The van der Waals surface area contributed by atoms with Gasteiger partial charge in [0.05, 0.1) is 28.8 Å². The number of benzene rings is 1. The van der Waals surface area contributed by atoms with Gasteiger partial charge >= 0.3 is 0 Å². The molecule has 1 aliphatic heterocycles. The van der Waals surface area contributed by atoms with Crippen molar-refractivity contribution in [3.8, 4) is 6.07 Å². The fourth-order valence-electron chi connectivity index (χ4n) is 2.97. The SMILES string of the molecule is CCC1OCCC1c1nc2cc(C#N)ccc2n1C. The number of nitriles is 1. The largest absolute Gasteiger partial charge is 0.377 e. The van der Waals surface area contributed by atoms with Crippen molar-refractivity contribution in [2.24, 2.45) is 7.05 Å². The maximum absolute atomic E-state index is 8.96. The summed E-state index contributed by atoms with van der Waals surface area (Å²) in [5.74, 6) is 1.45. The molecule has 0 spiro atoms. The van der Waals surface area contributed by atoms with Gasteiger partial charge in [0.15, 0.2) is 0 Å². The van der Waals surface area contributed by atoms with E-state index >= 15 is 0 Å². The lowest BCUT2D eigenvalue weighted by Crippen LogP contribution is -2.16. The summed E-state index contributed by atoms with van der Waals surface area (Å²) >= 11 is 0. The molecule has 0 N–H and O–H groups in total. The maximum Gasteiger partial charge on any atom is 0.115 e. The summed E-state index contributed by atoms with van der Waals surface area (Å²) in [7, 11) is 2.04. The zero-order valence-corrected chi connectivity index (χ0v) is 11.3. The molecule has 1 aliphatic rings. The fourth-order valence-corrected chi connectivity index (χ4v) is 2.97. The van der Waals surface area contributed by atoms with E-state index in [9.17, 15) is 0 Å². The van der Waals surface area contributed by atoms with Gasteiger partial charge in [-0.25, -0.2) is 4.98 Å². The van der Waals surface area contributed by atoms with Gasteiger partial charge in [0.2, 0.25) is 0 Å². The number of hydrogen-bond acceptors (Lipinski definition) is 3. The molecule has 1 aromatic carbocycles. The number of aromatic nitrogens is 2. The predicted molar refractivity (Wildman–Crippen MR) is 72.8 cm³/mol. The minimum absolute atomic E-state index is 0.269. The number of fused-ring (bicyclic) bond motifs is 1. The second kappa shape index (κ2) is 4.67. The Balaban J connectivity index is 2.09. The average molecular weight is 255 g/mol. The first kappa shape index (κ1) is 12.2. The van der Waals surface area contributed by atoms with Crippen molar-refractivity contribution in [1.82, 2.24) is 9.55 Å². The highest BCUT2D eigenvalue weighted by molar-refractivity contribution is 5.77. The standard InChI is InChI=1S/C15H17N3O/c1-3-14-11(6-7-19-14)15-17-12-8-10(9-16)4-5-13(12)18(15)2/h4-5,8,11,14H,3,6-7H2,1-2H3. The van der Waals surface area contributed by atoms with Crippen molar-refractivity contribution in [3.63, 3.8) is 0 Å². The summed E-state index contributed by atoms with van der Waals surface area (Å²) in [6.07, 6.45) is 2.31. The lowest BCUT2D eigenvalue weighted by atomic mass is 9.99. The van der Waals surface area contributed by atoms with Gasteiger partial charge in [-0.1, -0.05) is 6.92 Å². The molecule has 0 amide bonds. The first-order valence-electron chi connectivity index (χ1n) is 6.72. The normalized spacial score (nSPS) is 22.8. The van der Waals surface area contributed by atoms with E-state index in [0.717, 1.165) is 36.3 Å². The van der Waals surface area contributed by atoms with Crippen LogP contribution in [-0.4, -0.2) is 22.3 Å². The molecule has 0 radical (unpaired) electrons. The Morgan fingerprint density at radius 2 is 2.37 bits per heavy atom. The Labute approximate surface area is 112 Å². The van der Waals surface area contributed by atoms with Gasteiger partial charge in [0.25, 0.3) is 0 Å². The molecule has 2 unspecified atom stereocenters. The van der Waals surface area contributed by atoms with Crippen molar-refractivity contribution in [2.75, 3.05) is 6.61 Å². The van der Waals surface area contributed by atoms with Crippen LogP contribution >= 0.6 is 0 Å². The van der Waals surface area contributed by atoms with Crippen LogP contribution in [0, 0.1) is 11.3 Å². The summed E-state index contributed by atoms with van der Waals surface area (Å²) in [5.41, 5.74) is 2.64. The monoisotopic (exact) mass is 255 g/mol. The molecule has 0 bridgehead atoms. The molecule has 98 valence electrons. The highest BCUT2D eigenvalue weighted by Gasteiger charge is 2.31. The molecule has 1 saturated heterocycles. The van der Waals surface area contributed by atoms with Gasteiger partial charge in [-0.15, -0.1) is 0 Å². The fraction of sp³-hybridized carbons (Fsp3) is 0.467. The molecule has 1 fully saturated rings. The van der Waals surface area contributed by atoms with Crippen LogP contribution in [-0.2, 0) is 11.8 Å². The first-order chi connectivity index (χ1) is 9.24. The number of hydrogen-bond donors (Lipinski definition) is 0. The van der Waals surface area contributed by atoms with Crippen LogP contribution in [0.25, 0.3) is 11.0 Å². The van der Waals surface area contributed by atoms with Crippen molar-refractivity contribution >= 4 is 11.0 Å². The molecule has 0 saturated carbocycles. The summed E-state index contributed by atoms with van der Waals surface area (Å²) in [6.45, 7) is 2.97. The third-order valence-electron chi connectivity index (χ3n) is 3.99. The minimum atomic E-state index is 0.269. The van der Waals surface area contributed by atoms with Crippen LogP contribution in [0.1, 0.15) is 37.1 Å². The molecule has 4 heteroatoms. The van der Waals surface area contributed by atoms with Gasteiger partial charge in [-0.2, -0.15) is 5.26 Å². The highest BCUT2D eigenvalue weighted by atomic mass is 16.5. The number of imidazole rings is 1. The van der Waals surface area contributed by atoms with Crippen molar-refractivity contribution in [1.29, 1.82) is 5.26 Å². The van der Waals surface area contributed by atoms with E-state index < -0.39 is 0 Å². The topological polar surface area (TPSA) is 50.8 Å². The number of rotatable bonds is 2. The average Bonchev–Trinajstić information content (AvgIpc) is 3.02. The summed E-state index contributed by atoms with van der Waals surface area (Å²) in [4.78, 5) is 4.73. The predicted octanol–water partition coefficient (Wildman–Crippen LogP) is 2.73. The lowest BCUT2D eigenvalue weighted by molar-refractivity contribution is 0.0991. The van der Waals surface area contributed by atoms with E-state index in [1.807, 2.05) is 25.2 Å². The van der Waals surface area contributed by atoms with Gasteiger partial charge in [0, 0.05) is 19.6 Å². The Morgan fingerprint density at radius 1 is 1.53 bits per heavy atom. The van der Waals surface area contributed by atoms with Crippen molar-refractivity contribution in [3.05, 3.63) is 29.6 Å². The third-order valence-corrected chi connectivity index (χ3v) is 3.99. The van der Waals surface area contributed by atoms with Gasteiger partial charge in [-0.3, -0.25) is 0 Å². The van der Waals surface area contributed by atoms with Crippen LogP contribution in [0.4, 0.5) is 0 Å². The summed E-state index contributed by atoms with van der Waals surface area (Å²) in [5, 5.41) is 8.96. The van der Waals surface area contributed by atoms with Crippen LogP contribution < -0.4 is 0 Å². The Bertz CT molecular complexity index is 653. The van der Waals surface area contributed by atoms with Crippen LogP contribution in [0.2, 0.25) is 0 Å². The molecule has 2 atom stereocenters. The number of ether oxygens (including phenoxy) is 1. The van der Waals surface area contributed by atoms with E-state index in [0.29, 0.717) is 11.5 Å². The number of nitrogens with zero attached hydrogens (tertiary/aromatic N) is 3. The van der Waals surface area contributed by atoms with E-state index in [-0.39, 0.29) is 6.10 Å². The van der Waals surface area contributed by atoms with Gasteiger partial charge in [-0.05, 0) is 31.0 Å². The van der Waals surface area contributed by atoms with E-state index in [4.69, 9.17) is 15.0 Å². The molecule has 2 heterocycles. The Kier molecular flexibility index (Phi) is 3.00. The van der Waals surface area contributed by atoms with Crippen LogP contribution in [0.15, 0.2) is 18.2 Å². The summed E-state index contributed by atoms with van der Waals surface area (Å²) < 4.78 is 7.90. The molecular formula is C15H17N3O. The Morgan fingerprint density at radius 3 is 3.11 bits per heavy atom. The van der Waals surface area contributed by atoms with Crippen LogP contribution in [0.3, 0.4) is 0 Å². The van der Waals surface area contributed by atoms with Gasteiger partial charge in [0.1, 0.15) is 5.82 Å². The van der Waals surface area contributed by atoms with Crippen LogP contribution in [0.5, 0.6) is 0 Å².